The van der Waals surface area contributed by atoms with Crippen LogP contribution in [0.2, 0.25) is 0 Å². The van der Waals surface area contributed by atoms with Crippen molar-refractivity contribution < 1.29 is 23.8 Å². The van der Waals surface area contributed by atoms with Gasteiger partial charge in [-0.25, -0.2) is 9.59 Å². The molecule has 0 heterocycles. The van der Waals surface area contributed by atoms with E-state index in [-0.39, 0.29) is 18.1 Å². The van der Waals surface area contributed by atoms with Crippen molar-refractivity contribution in [3.05, 3.63) is 29.8 Å². The highest BCUT2D eigenvalue weighted by Gasteiger charge is 2.39. The molecule has 6 heteroatoms. The summed E-state index contributed by atoms with van der Waals surface area (Å²) in [6.07, 6.45) is 1.68. The Hall–Kier alpha value is -2.24. The van der Waals surface area contributed by atoms with Crippen LogP contribution in [0.5, 0.6) is 5.75 Å². The van der Waals surface area contributed by atoms with E-state index in [0.29, 0.717) is 12.4 Å². The van der Waals surface area contributed by atoms with Gasteiger partial charge in [-0.1, -0.05) is 25.5 Å². The number of nitrogens with one attached hydrogen (secondary N) is 1. The number of amides is 1. The third-order valence-electron chi connectivity index (χ3n) is 3.72. The molecule has 0 spiro atoms. The lowest BCUT2D eigenvalue weighted by molar-refractivity contribution is 0.0206. The molecule has 0 unspecified atom stereocenters. The van der Waals surface area contributed by atoms with Gasteiger partial charge in [0, 0.05) is 12.0 Å². The van der Waals surface area contributed by atoms with E-state index in [4.69, 9.17) is 14.2 Å². The van der Waals surface area contributed by atoms with Crippen LogP contribution in [0.1, 0.15) is 58.4 Å². The molecule has 1 aliphatic rings. The largest absolute Gasteiger partial charge is 0.514 e. The quantitative estimate of drug-likeness (QED) is 0.468. The highest BCUT2D eigenvalue weighted by molar-refractivity contribution is 5.68. The molecule has 2 atom stereocenters. The maximum atomic E-state index is 11.6. The van der Waals surface area contributed by atoms with Crippen LogP contribution in [0.15, 0.2) is 24.3 Å². The van der Waals surface area contributed by atoms with Crippen molar-refractivity contribution in [3.8, 4) is 5.75 Å². The first-order chi connectivity index (χ1) is 11.8. The van der Waals surface area contributed by atoms with Crippen LogP contribution < -0.4 is 10.1 Å². The fourth-order valence-corrected chi connectivity index (χ4v) is 2.38. The molecule has 1 saturated carbocycles. The molecule has 0 radical (unpaired) electrons. The van der Waals surface area contributed by atoms with E-state index in [0.717, 1.165) is 24.8 Å². The molecule has 138 valence electrons. The van der Waals surface area contributed by atoms with Gasteiger partial charge in [-0.2, -0.15) is 0 Å². The van der Waals surface area contributed by atoms with Gasteiger partial charge in [0.2, 0.25) is 0 Å². The highest BCUT2D eigenvalue weighted by Crippen LogP contribution is 2.41. The molecule has 0 aromatic heterocycles. The second-order valence-corrected chi connectivity index (χ2v) is 7.22. The van der Waals surface area contributed by atoms with Gasteiger partial charge in [0.1, 0.15) is 11.4 Å². The Labute approximate surface area is 148 Å². The summed E-state index contributed by atoms with van der Waals surface area (Å²) in [4.78, 5) is 23.3. The van der Waals surface area contributed by atoms with E-state index in [9.17, 15) is 9.59 Å². The molecular formula is C19H27NO5. The minimum atomic E-state index is -0.721. The van der Waals surface area contributed by atoms with Gasteiger partial charge in [0.25, 0.3) is 0 Å². The Balaban J connectivity index is 1.78. The van der Waals surface area contributed by atoms with Gasteiger partial charge >= 0.3 is 12.2 Å². The molecule has 1 aromatic carbocycles. The predicted octanol–water partition coefficient (Wildman–Crippen LogP) is 4.38. The molecule has 1 amide bonds. The second-order valence-electron chi connectivity index (χ2n) is 7.22. The summed E-state index contributed by atoms with van der Waals surface area (Å²) in [6.45, 7) is 7.85. The van der Waals surface area contributed by atoms with E-state index in [1.165, 1.54) is 0 Å². The second kappa shape index (κ2) is 8.23. The van der Waals surface area contributed by atoms with Crippen molar-refractivity contribution in [2.24, 2.45) is 0 Å². The third-order valence-corrected chi connectivity index (χ3v) is 3.72. The first-order valence-electron chi connectivity index (χ1n) is 8.72. The fraction of sp³-hybridized carbons (Fsp3) is 0.579. The van der Waals surface area contributed by atoms with Crippen LogP contribution in [0.4, 0.5) is 9.59 Å². The van der Waals surface area contributed by atoms with Gasteiger partial charge in [-0.3, -0.25) is 0 Å². The average Bonchev–Trinajstić information content (AvgIpc) is 3.25. The Bertz CT molecular complexity index is 591. The number of carbonyl (C=O) groups excluding carboxylic acids is 2. The monoisotopic (exact) mass is 349 g/mol. The molecule has 6 nitrogen and oxygen atoms in total. The van der Waals surface area contributed by atoms with Crippen molar-refractivity contribution in [3.63, 3.8) is 0 Å². The van der Waals surface area contributed by atoms with E-state index in [1.54, 1.807) is 32.9 Å². The molecule has 0 saturated heterocycles. The van der Waals surface area contributed by atoms with E-state index in [2.05, 4.69) is 5.32 Å². The Kier molecular flexibility index (Phi) is 6.28. The summed E-state index contributed by atoms with van der Waals surface area (Å²) in [7, 11) is 0. The summed E-state index contributed by atoms with van der Waals surface area (Å²) >= 11 is 0. The number of hydrogen-bond acceptors (Lipinski definition) is 5. The van der Waals surface area contributed by atoms with Gasteiger partial charge in [0.15, 0.2) is 0 Å². The van der Waals surface area contributed by atoms with Gasteiger partial charge in [-0.15, -0.1) is 0 Å². The van der Waals surface area contributed by atoms with E-state index < -0.39 is 11.8 Å². The number of rotatable bonds is 6. The molecule has 2 rings (SSSR count). The average molecular weight is 349 g/mol. The van der Waals surface area contributed by atoms with Gasteiger partial charge in [-0.05, 0) is 51.3 Å². The van der Waals surface area contributed by atoms with Gasteiger partial charge in [0.05, 0.1) is 6.61 Å². The molecule has 1 fully saturated rings. The van der Waals surface area contributed by atoms with Crippen LogP contribution in [-0.2, 0) is 9.47 Å². The predicted molar refractivity (Wildman–Crippen MR) is 93.8 cm³/mol. The molecule has 0 aliphatic heterocycles. The smallest absolute Gasteiger partial charge is 0.450 e. The Morgan fingerprint density at radius 3 is 2.48 bits per heavy atom. The summed E-state index contributed by atoms with van der Waals surface area (Å²) < 4.78 is 15.3. The number of alkyl carbamates (subject to hydrolysis) is 1. The number of ether oxygens (including phenoxy) is 3. The zero-order valence-electron chi connectivity index (χ0n) is 15.3. The number of unbranched alkanes of at least 4 members (excludes halogenated alkanes) is 1. The minimum Gasteiger partial charge on any atom is -0.450 e. The van der Waals surface area contributed by atoms with Crippen LogP contribution >= 0.6 is 0 Å². The topological polar surface area (TPSA) is 73.9 Å². The minimum absolute atomic E-state index is 0.103. The van der Waals surface area contributed by atoms with Crippen LogP contribution in [-0.4, -0.2) is 30.5 Å². The third kappa shape index (κ3) is 6.64. The number of benzene rings is 1. The number of carbonyl (C=O) groups is 2. The van der Waals surface area contributed by atoms with Crippen LogP contribution in [0.25, 0.3) is 0 Å². The lowest BCUT2D eigenvalue weighted by Gasteiger charge is -2.18. The van der Waals surface area contributed by atoms with Crippen LogP contribution in [0.3, 0.4) is 0 Å². The molecule has 1 aromatic rings. The summed E-state index contributed by atoms with van der Waals surface area (Å²) in [5, 5.41) is 2.87. The molecule has 1 aliphatic carbocycles. The van der Waals surface area contributed by atoms with E-state index in [1.807, 2.05) is 19.1 Å². The van der Waals surface area contributed by atoms with Crippen LogP contribution in [0, 0.1) is 0 Å². The molecule has 25 heavy (non-hydrogen) atoms. The molecule has 0 bridgehead atoms. The Morgan fingerprint density at radius 2 is 1.88 bits per heavy atom. The van der Waals surface area contributed by atoms with Crippen molar-refractivity contribution >= 4 is 12.2 Å². The SMILES string of the molecule is CCCCOC(=O)N[C@@H]1C[C@H]1c1ccc(OC(=O)OC(C)(C)C)cc1. The van der Waals surface area contributed by atoms with Gasteiger partial charge < -0.3 is 19.5 Å². The highest BCUT2D eigenvalue weighted by atomic mass is 16.7. The first kappa shape index (κ1) is 19.1. The molecular weight excluding hydrogens is 322 g/mol. The standard InChI is InChI=1S/C19H27NO5/c1-5-6-11-23-17(21)20-16-12-15(16)13-7-9-14(10-8-13)24-18(22)25-19(2,3)4/h7-10,15-16H,5-6,11-12H2,1-4H3,(H,20,21)/t15-,16+/m0/s1. The van der Waals surface area contributed by atoms with Crippen molar-refractivity contribution in [1.82, 2.24) is 5.32 Å². The zero-order valence-corrected chi connectivity index (χ0v) is 15.3. The van der Waals surface area contributed by atoms with Crippen molar-refractivity contribution in [2.75, 3.05) is 6.61 Å². The number of hydrogen-bond donors (Lipinski definition) is 1. The van der Waals surface area contributed by atoms with Crippen molar-refractivity contribution in [1.29, 1.82) is 0 Å². The Morgan fingerprint density at radius 1 is 1.20 bits per heavy atom. The summed E-state index contributed by atoms with van der Waals surface area (Å²) in [5.74, 6) is 0.705. The first-order valence-corrected chi connectivity index (χ1v) is 8.72. The maximum absolute atomic E-state index is 11.6. The zero-order chi connectivity index (χ0) is 18.4. The van der Waals surface area contributed by atoms with Crippen molar-refractivity contribution in [2.45, 2.75) is 64.5 Å². The summed E-state index contributed by atoms with van der Waals surface area (Å²) in [5.41, 5.74) is 0.505. The lowest BCUT2D eigenvalue weighted by Crippen LogP contribution is -2.27. The van der Waals surface area contributed by atoms with E-state index >= 15 is 0 Å². The normalized spacial score (nSPS) is 19.0. The lowest BCUT2D eigenvalue weighted by atomic mass is 10.1. The molecule has 1 N–H and O–H groups in total. The maximum Gasteiger partial charge on any atom is 0.514 e. The fourth-order valence-electron chi connectivity index (χ4n) is 2.38. The summed E-state index contributed by atoms with van der Waals surface area (Å²) in [6, 6.07) is 7.36.